The molecule has 1 aromatic carbocycles. The summed E-state index contributed by atoms with van der Waals surface area (Å²) in [5.41, 5.74) is 5.60. The van der Waals surface area contributed by atoms with Crippen molar-refractivity contribution in [2.24, 2.45) is 0 Å². The molecule has 1 saturated heterocycles. The van der Waals surface area contributed by atoms with Gasteiger partial charge in [-0.1, -0.05) is 32.9 Å². The van der Waals surface area contributed by atoms with Crippen LogP contribution in [0.25, 0.3) is 0 Å². The first-order chi connectivity index (χ1) is 9.27. The maximum absolute atomic E-state index is 11.5. The Kier molecular flexibility index (Phi) is 4.19. The highest BCUT2D eigenvalue weighted by Crippen LogP contribution is 2.27. The normalized spacial score (nSPS) is 17.1. The molecule has 0 aliphatic carbocycles. The summed E-state index contributed by atoms with van der Waals surface area (Å²) in [6.45, 7) is 14.2. The van der Waals surface area contributed by atoms with Crippen LogP contribution in [0.1, 0.15) is 43.0 Å². The summed E-state index contributed by atoms with van der Waals surface area (Å²) in [4.78, 5) is 13.7. The van der Waals surface area contributed by atoms with Gasteiger partial charge in [0.1, 0.15) is 0 Å². The predicted octanol–water partition coefficient (Wildman–Crippen LogP) is 2.53. The molecule has 3 heteroatoms. The molecule has 3 nitrogen and oxygen atoms in total. The van der Waals surface area contributed by atoms with Crippen LogP contribution in [0.2, 0.25) is 0 Å². The lowest BCUT2D eigenvalue weighted by Gasteiger charge is -2.29. The molecule has 1 fully saturated rings. The molecule has 1 aliphatic heterocycles. The van der Waals surface area contributed by atoms with E-state index < -0.39 is 0 Å². The summed E-state index contributed by atoms with van der Waals surface area (Å²) in [5.74, 6) is 0.137. The van der Waals surface area contributed by atoms with E-state index in [-0.39, 0.29) is 11.3 Å². The smallest absolute Gasteiger partial charge is 0.234 e. The second kappa shape index (κ2) is 5.57. The number of benzene rings is 1. The number of hydrogen-bond donors (Lipinski definition) is 1. The third-order valence-electron chi connectivity index (χ3n) is 4.06. The summed E-state index contributed by atoms with van der Waals surface area (Å²) in [6.07, 6.45) is 0. The molecule has 0 atom stereocenters. The Labute approximate surface area is 122 Å². The second-order valence-corrected chi connectivity index (χ2v) is 6.90. The van der Waals surface area contributed by atoms with Crippen LogP contribution in [0, 0.1) is 13.8 Å². The topological polar surface area (TPSA) is 32.3 Å². The lowest BCUT2D eigenvalue weighted by Crippen LogP contribution is -2.47. The quantitative estimate of drug-likeness (QED) is 0.899. The summed E-state index contributed by atoms with van der Waals surface area (Å²) < 4.78 is 0. The van der Waals surface area contributed by atoms with E-state index in [4.69, 9.17) is 0 Å². The van der Waals surface area contributed by atoms with Crippen LogP contribution < -0.4 is 5.32 Å². The van der Waals surface area contributed by atoms with Crippen molar-refractivity contribution in [2.75, 3.05) is 19.6 Å². The molecule has 1 heterocycles. The Morgan fingerprint density at radius 1 is 1.20 bits per heavy atom. The standard InChI is InChI=1S/C17H26N2O/c1-12-8-14(17(3,4)5)9-13(2)15(12)10-19-7-6-18-16(20)11-19/h8-9H,6-7,10-11H2,1-5H3,(H,18,20). The molecule has 1 N–H and O–H groups in total. The molecule has 0 aromatic heterocycles. The van der Waals surface area contributed by atoms with Gasteiger partial charge in [0.25, 0.3) is 0 Å². The van der Waals surface area contributed by atoms with E-state index in [9.17, 15) is 4.79 Å². The molecule has 1 aromatic rings. The van der Waals surface area contributed by atoms with Gasteiger partial charge >= 0.3 is 0 Å². The van der Waals surface area contributed by atoms with Crippen LogP contribution in [-0.2, 0) is 16.8 Å². The number of hydrogen-bond acceptors (Lipinski definition) is 2. The Morgan fingerprint density at radius 2 is 1.80 bits per heavy atom. The van der Waals surface area contributed by atoms with Gasteiger partial charge in [-0.2, -0.15) is 0 Å². The fourth-order valence-electron chi connectivity index (χ4n) is 2.73. The van der Waals surface area contributed by atoms with E-state index in [2.05, 4.69) is 57.0 Å². The highest BCUT2D eigenvalue weighted by molar-refractivity contribution is 5.78. The summed E-state index contributed by atoms with van der Waals surface area (Å²) in [7, 11) is 0. The van der Waals surface area contributed by atoms with Gasteiger partial charge in [-0.25, -0.2) is 0 Å². The maximum Gasteiger partial charge on any atom is 0.234 e. The van der Waals surface area contributed by atoms with Crippen molar-refractivity contribution in [1.29, 1.82) is 0 Å². The SMILES string of the molecule is Cc1cc(C(C)(C)C)cc(C)c1CN1CCNC(=O)C1. The fourth-order valence-corrected chi connectivity index (χ4v) is 2.73. The van der Waals surface area contributed by atoms with Gasteiger partial charge in [-0.3, -0.25) is 9.69 Å². The minimum absolute atomic E-state index is 0.137. The van der Waals surface area contributed by atoms with E-state index in [0.717, 1.165) is 19.6 Å². The first-order valence-corrected chi connectivity index (χ1v) is 7.37. The monoisotopic (exact) mass is 274 g/mol. The molecule has 0 spiro atoms. The molecule has 1 aliphatic rings. The molecule has 0 saturated carbocycles. The number of nitrogens with zero attached hydrogens (tertiary/aromatic N) is 1. The number of piperazine rings is 1. The lowest BCUT2D eigenvalue weighted by molar-refractivity contribution is -0.124. The Hall–Kier alpha value is -1.35. The molecule has 1 amide bonds. The number of carbonyl (C=O) groups excluding carboxylic acids is 1. The maximum atomic E-state index is 11.5. The van der Waals surface area contributed by atoms with Crippen molar-refractivity contribution in [2.45, 2.75) is 46.6 Å². The number of nitrogens with one attached hydrogen (secondary N) is 1. The van der Waals surface area contributed by atoms with Crippen LogP contribution in [0.15, 0.2) is 12.1 Å². The summed E-state index contributed by atoms with van der Waals surface area (Å²) >= 11 is 0. The van der Waals surface area contributed by atoms with Gasteiger partial charge < -0.3 is 5.32 Å². The molecular weight excluding hydrogens is 248 g/mol. The van der Waals surface area contributed by atoms with Gasteiger partial charge in [0.2, 0.25) is 5.91 Å². The molecule has 0 bridgehead atoms. The van der Waals surface area contributed by atoms with Gasteiger partial charge in [0.05, 0.1) is 6.54 Å². The van der Waals surface area contributed by atoms with Crippen LogP contribution >= 0.6 is 0 Å². The fraction of sp³-hybridized carbons (Fsp3) is 0.588. The Bertz CT molecular complexity index is 491. The lowest BCUT2D eigenvalue weighted by atomic mass is 9.83. The van der Waals surface area contributed by atoms with Gasteiger partial charge in [0, 0.05) is 19.6 Å². The first kappa shape index (κ1) is 15.0. The van der Waals surface area contributed by atoms with E-state index in [1.807, 2.05) is 0 Å². The van der Waals surface area contributed by atoms with Crippen LogP contribution in [0.5, 0.6) is 0 Å². The Morgan fingerprint density at radius 3 is 2.30 bits per heavy atom. The van der Waals surface area contributed by atoms with Crippen molar-refractivity contribution >= 4 is 5.91 Å². The highest BCUT2D eigenvalue weighted by atomic mass is 16.2. The summed E-state index contributed by atoms with van der Waals surface area (Å²) in [5, 5.41) is 2.88. The van der Waals surface area contributed by atoms with Crippen molar-refractivity contribution in [3.63, 3.8) is 0 Å². The third kappa shape index (κ3) is 3.40. The van der Waals surface area contributed by atoms with E-state index in [1.165, 1.54) is 22.3 Å². The molecule has 20 heavy (non-hydrogen) atoms. The van der Waals surface area contributed by atoms with Gasteiger partial charge in [0.15, 0.2) is 0 Å². The minimum Gasteiger partial charge on any atom is -0.354 e. The van der Waals surface area contributed by atoms with Crippen molar-refractivity contribution in [3.05, 3.63) is 34.4 Å². The highest BCUT2D eigenvalue weighted by Gasteiger charge is 2.20. The third-order valence-corrected chi connectivity index (χ3v) is 4.06. The summed E-state index contributed by atoms with van der Waals surface area (Å²) in [6, 6.07) is 4.60. The van der Waals surface area contributed by atoms with Gasteiger partial charge in [-0.15, -0.1) is 0 Å². The molecular formula is C17H26N2O. The molecule has 110 valence electrons. The number of aryl methyl sites for hydroxylation is 2. The van der Waals surface area contributed by atoms with Gasteiger partial charge in [-0.05, 0) is 41.5 Å². The minimum atomic E-state index is 0.137. The van der Waals surface area contributed by atoms with Crippen molar-refractivity contribution in [1.82, 2.24) is 10.2 Å². The van der Waals surface area contributed by atoms with Crippen molar-refractivity contribution in [3.8, 4) is 0 Å². The van der Waals surface area contributed by atoms with E-state index in [0.29, 0.717) is 6.54 Å². The van der Waals surface area contributed by atoms with E-state index in [1.54, 1.807) is 0 Å². The average Bonchev–Trinajstić information content (AvgIpc) is 2.32. The number of carbonyl (C=O) groups is 1. The van der Waals surface area contributed by atoms with Crippen LogP contribution in [0.3, 0.4) is 0 Å². The zero-order chi connectivity index (χ0) is 14.9. The van der Waals surface area contributed by atoms with Crippen LogP contribution in [0.4, 0.5) is 0 Å². The Balaban J connectivity index is 2.22. The predicted molar refractivity (Wildman–Crippen MR) is 82.9 cm³/mol. The number of amides is 1. The molecule has 2 rings (SSSR count). The first-order valence-electron chi connectivity index (χ1n) is 7.37. The second-order valence-electron chi connectivity index (χ2n) is 6.90. The largest absolute Gasteiger partial charge is 0.354 e. The zero-order valence-electron chi connectivity index (χ0n) is 13.3. The van der Waals surface area contributed by atoms with E-state index >= 15 is 0 Å². The average molecular weight is 274 g/mol. The van der Waals surface area contributed by atoms with Crippen LogP contribution in [-0.4, -0.2) is 30.4 Å². The zero-order valence-corrected chi connectivity index (χ0v) is 13.3. The molecule has 0 radical (unpaired) electrons. The van der Waals surface area contributed by atoms with Crippen molar-refractivity contribution < 1.29 is 4.79 Å². The molecule has 0 unspecified atom stereocenters. The number of rotatable bonds is 2.